The normalized spacial score (nSPS) is 18.7. The molecule has 1 aliphatic rings. The minimum Gasteiger partial charge on any atom is -0.442 e. The molecule has 0 bridgehead atoms. The molecule has 0 radical (unpaired) electrons. The summed E-state index contributed by atoms with van der Waals surface area (Å²) in [4.78, 5) is 14.2. The predicted molar refractivity (Wildman–Crippen MR) is 94.8 cm³/mol. The highest BCUT2D eigenvalue weighted by Gasteiger charge is 2.27. The van der Waals surface area contributed by atoms with Crippen molar-refractivity contribution in [3.05, 3.63) is 71.0 Å². The van der Waals surface area contributed by atoms with Crippen molar-refractivity contribution in [2.75, 3.05) is 19.6 Å². The predicted octanol–water partition coefficient (Wildman–Crippen LogP) is 3.98. The quantitative estimate of drug-likeness (QED) is 0.917. The van der Waals surface area contributed by atoms with E-state index in [9.17, 15) is 9.18 Å². The molecule has 0 saturated carbocycles. The summed E-state index contributed by atoms with van der Waals surface area (Å²) in [5.41, 5.74) is 2.86. The van der Waals surface area contributed by atoms with Crippen molar-refractivity contribution in [3.8, 4) is 0 Å². The van der Waals surface area contributed by atoms with Crippen LogP contribution in [-0.4, -0.2) is 30.6 Å². The second-order valence-corrected chi connectivity index (χ2v) is 6.39. The van der Waals surface area contributed by atoms with E-state index in [1.165, 1.54) is 12.1 Å². The molecule has 25 heavy (non-hydrogen) atoms. The van der Waals surface area contributed by atoms with Crippen LogP contribution in [0.15, 0.2) is 48.5 Å². The Kier molecular flexibility index (Phi) is 5.34. The van der Waals surface area contributed by atoms with Crippen LogP contribution < -0.4 is 5.32 Å². The number of aryl methyl sites for hydroxylation is 1. The van der Waals surface area contributed by atoms with Gasteiger partial charge in [-0.25, -0.2) is 9.18 Å². The average molecular weight is 342 g/mol. The van der Waals surface area contributed by atoms with Crippen molar-refractivity contribution in [1.29, 1.82) is 0 Å². The molecule has 132 valence electrons. The number of amides is 1. The molecule has 0 aliphatic carbocycles. The standard InChI is InChI=1S/C20H23FN2O2/c1-14-12-17(21)8-9-18(14)19-13-23(11-10-22-19)20(24)25-15(2)16-6-4-3-5-7-16/h3-9,12,15,19,22H,10-11,13H2,1-2H3. The van der Waals surface area contributed by atoms with Gasteiger partial charge < -0.3 is 15.0 Å². The maximum atomic E-state index is 13.3. The Balaban J connectivity index is 1.65. The van der Waals surface area contributed by atoms with E-state index in [-0.39, 0.29) is 24.1 Å². The van der Waals surface area contributed by atoms with E-state index >= 15 is 0 Å². The molecule has 1 saturated heterocycles. The minimum atomic E-state index is -0.317. The number of carbonyl (C=O) groups excluding carboxylic acids is 1. The number of nitrogens with zero attached hydrogens (tertiary/aromatic N) is 1. The highest BCUT2D eigenvalue weighted by atomic mass is 19.1. The van der Waals surface area contributed by atoms with Gasteiger partial charge in [-0.1, -0.05) is 36.4 Å². The number of benzene rings is 2. The fourth-order valence-corrected chi connectivity index (χ4v) is 3.17. The van der Waals surface area contributed by atoms with Crippen LogP contribution in [0.1, 0.15) is 35.8 Å². The highest BCUT2D eigenvalue weighted by molar-refractivity contribution is 5.68. The summed E-state index contributed by atoms with van der Waals surface area (Å²) < 4.78 is 18.9. The largest absolute Gasteiger partial charge is 0.442 e. The molecule has 2 atom stereocenters. The topological polar surface area (TPSA) is 41.6 Å². The smallest absolute Gasteiger partial charge is 0.410 e. The highest BCUT2D eigenvalue weighted by Crippen LogP contribution is 2.23. The molecule has 1 N–H and O–H groups in total. The Morgan fingerprint density at radius 2 is 2.04 bits per heavy atom. The molecule has 2 aromatic carbocycles. The summed E-state index contributed by atoms with van der Waals surface area (Å²) in [6, 6.07) is 14.4. The number of ether oxygens (including phenoxy) is 1. The molecule has 1 heterocycles. The number of nitrogens with one attached hydrogen (secondary N) is 1. The molecular weight excluding hydrogens is 319 g/mol. The van der Waals surface area contributed by atoms with Gasteiger partial charge in [0.05, 0.1) is 6.04 Å². The van der Waals surface area contributed by atoms with Crippen molar-refractivity contribution in [3.63, 3.8) is 0 Å². The zero-order valence-corrected chi connectivity index (χ0v) is 14.5. The molecule has 1 fully saturated rings. The Hall–Kier alpha value is -2.40. The first-order chi connectivity index (χ1) is 12.0. The number of halogens is 1. The summed E-state index contributed by atoms with van der Waals surface area (Å²) in [7, 11) is 0. The molecule has 2 unspecified atom stereocenters. The first-order valence-electron chi connectivity index (χ1n) is 8.54. The van der Waals surface area contributed by atoms with Crippen molar-refractivity contribution in [2.24, 2.45) is 0 Å². The van der Waals surface area contributed by atoms with Gasteiger partial charge in [0.1, 0.15) is 11.9 Å². The molecule has 1 aliphatic heterocycles. The van der Waals surface area contributed by atoms with Crippen LogP contribution in [0.25, 0.3) is 0 Å². The average Bonchev–Trinajstić information content (AvgIpc) is 2.62. The second-order valence-electron chi connectivity index (χ2n) is 6.39. The lowest BCUT2D eigenvalue weighted by Gasteiger charge is -2.34. The maximum Gasteiger partial charge on any atom is 0.410 e. The Bertz CT molecular complexity index is 736. The number of hydrogen-bond acceptors (Lipinski definition) is 3. The molecular formula is C20H23FN2O2. The van der Waals surface area contributed by atoms with Gasteiger partial charge in [-0.15, -0.1) is 0 Å². The van der Waals surface area contributed by atoms with E-state index in [1.54, 1.807) is 11.0 Å². The molecule has 4 nitrogen and oxygen atoms in total. The summed E-state index contributed by atoms with van der Waals surface area (Å²) in [6.45, 7) is 5.53. The van der Waals surface area contributed by atoms with E-state index in [4.69, 9.17) is 4.74 Å². The summed E-state index contributed by atoms with van der Waals surface area (Å²) in [5, 5.41) is 3.39. The number of piperazine rings is 1. The van der Waals surface area contributed by atoms with Gasteiger partial charge in [-0.3, -0.25) is 0 Å². The summed E-state index contributed by atoms with van der Waals surface area (Å²) in [6.07, 6.45) is -0.614. The van der Waals surface area contributed by atoms with Crippen molar-refractivity contribution >= 4 is 6.09 Å². The molecule has 0 spiro atoms. The Labute approximate surface area is 147 Å². The number of carbonyl (C=O) groups is 1. The van der Waals surface area contributed by atoms with Crippen molar-refractivity contribution in [1.82, 2.24) is 10.2 Å². The van der Waals surface area contributed by atoms with Crippen LogP contribution in [0.5, 0.6) is 0 Å². The monoisotopic (exact) mass is 342 g/mol. The third-order valence-electron chi connectivity index (χ3n) is 4.59. The van der Waals surface area contributed by atoms with Gasteiger partial charge in [0, 0.05) is 19.6 Å². The fourth-order valence-electron chi connectivity index (χ4n) is 3.17. The molecule has 5 heteroatoms. The maximum absolute atomic E-state index is 13.3. The zero-order chi connectivity index (χ0) is 17.8. The zero-order valence-electron chi connectivity index (χ0n) is 14.5. The molecule has 2 aromatic rings. The summed E-state index contributed by atoms with van der Waals surface area (Å²) >= 11 is 0. The van der Waals surface area contributed by atoms with Gasteiger partial charge in [0.15, 0.2) is 0 Å². The van der Waals surface area contributed by atoms with Gasteiger partial charge in [0.2, 0.25) is 0 Å². The Morgan fingerprint density at radius 1 is 1.28 bits per heavy atom. The lowest BCUT2D eigenvalue weighted by Crippen LogP contribution is -2.48. The second kappa shape index (κ2) is 7.66. The Morgan fingerprint density at radius 3 is 2.76 bits per heavy atom. The third kappa shape index (κ3) is 4.17. The van der Waals surface area contributed by atoms with Crippen LogP contribution in [0.2, 0.25) is 0 Å². The minimum absolute atomic E-state index is 0.0195. The lowest BCUT2D eigenvalue weighted by molar-refractivity contribution is 0.0608. The van der Waals surface area contributed by atoms with E-state index in [1.807, 2.05) is 44.2 Å². The first kappa shape index (κ1) is 17.4. The van der Waals surface area contributed by atoms with Crippen molar-refractivity contribution in [2.45, 2.75) is 26.0 Å². The molecule has 3 rings (SSSR count). The van der Waals surface area contributed by atoms with E-state index < -0.39 is 0 Å². The van der Waals surface area contributed by atoms with Gasteiger partial charge >= 0.3 is 6.09 Å². The van der Waals surface area contributed by atoms with Crippen LogP contribution in [0, 0.1) is 12.7 Å². The lowest BCUT2D eigenvalue weighted by atomic mass is 9.99. The van der Waals surface area contributed by atoms with Crippen LogP contribution in [-0.2, 0) is 4.74 Å². The van der Waals surface area contributed by atoms with Crippen LogP contribution in [0.4, 0.5) is 9.18 Å². The molecule has 1 amide bonds. The van der Waals surface area contributed by atoms with E-state index in [0.717, 1.165) is 16.7 Å². The van der Waals surface area contributed by atoms with E-state index in [2.05, 4.69) is 5.32 Å². The number of hydrogen-bond donors (Lipinski definition) is 1. The van der Waals surface area contributed by atoms with E-state index in [0.29, 0.717) is 19.6 Å². The van der Waals surface area contributed by atoms with Crippen LogP contribution >= 0.6 is 0 Å². The number of rotatable bonds is 3. The van der Waals surface area contributed by atoms with Gasteiger partial charge in [-0.05, 0) is 42.7 Å². The van der Waals surface area contributed by atoms with Crippen molar-refractivity contribution < 1.29 is 13.9 Å². The van der Waals surface area contributed by atoms with Gasteiger partial charge in [-0.2, -0.15) is 0 Å². The fraction of sp³-hybridized carbons (Fsp3) is 0.350. The molecule has 0 aromatic heterocycles. The van der Waals surface area contributed by atoms with Gasteiger partial charge in [0.25, 0.3) is 0 Å². The SMILES string of the molecule is Cc1cc(F)ccc1C1CN(C(=O)OC(C)c2ccccc2)CCN1. The van der Waals surface area contributed by atoms with Crippen LogP contribution in [0.3, 0.4) is 0 Å². The summed E-state index contributed by atoms with van der Waals surface area (Å²) in [5.74, 6) is -0.245. The third-order valence-corrected chi connectivity index (χ3v) is 4.59. The first-order valence-corrected chi connectivity index (χ1v) is 8.54.